The van der Waals surface area contributed by atoms with Crippen LogP contribution in [0.4, 0.5) is 10.1 Å². The molecule has 2 aliphatic heterocycles. The standard InChI is InChI=1S/C20H20FN5O2/c1-24-4-6-25(7-5-24)15-3-2-13-8-16(19(27)28-18(13)9-15)17-12-26-11-14(21)10-22-20(26)23-17/h2-3,8-12,19,27H,4-7H2,1H3. The summed E-state index contributed by atoms with van der Waals surface area (Å²) < 4.78 is 20.6. The van der Waals surface area contributed by atoms with Gasteiger partial charge >= 0.3 is 0 Å². The zero-order valence-electron chi connectivity index (χ0n) is 15.4. The highest BCUT2D eigenvalue weighted by molar-refractivity contribution is 5.86. The molecule has 8 heteroatoms. The van der Waals surface area contributed by atoms with Gasteiger partial charge in [0, 0.05) is 61.5 Å². The van der Waals surface area contributed by atoms with E-state index in [-0.39, 0.29) is 0 Å². The molecule has 144 valence electrons. The smallest absolute Gasteiger partial charge is 0.234 e. The first-order chi connectivity index (χ1) is 13.6. The van der Waals surface area contributed by atoms with E-state index in [9.17, 15) is 9.50 Å². The zero-order chi connectivity index (χ0) is 19.3. The molecule has 1 unspecified atom stereocenters. The number of nitrogens with zero attached hydrogens (tertiary/aromatic N) is 5. The Morgan fingerprint density at radius 1 is 1.18 bits per heavy atom. The van der Waals surface area contributed by atoms with E-state index in [4.69, 9.17) is 4.74 Å². The van der Waals surface area contributed by atoms with E-state index >= 15 is 0 Å². The van der Waals surface area contributed by atoms with E-state index in [0.29, 0.717) is 22.8 Å². The average molecular weight is 381 g/mol. The summed E-state index contributed by atoms with van der Waals surface area (Å²) >= 11 is 0. The van der Waals surface area contributed by atoms with Gasteiger partial charge in [-0.3, -0.25) is 4.40 Å². The topological polar surface area (TPSA) is 66.1 Å². The van der Waals surface area contributed by atoms with Crippen LogP contribution in [-0.4, -0.2) is 63.9 Å². The fourth-order valence-corrected chi connectivity index (χ4v) is 3.63. The summed E-state index contributed by atoms with van der Waals surface area (Å²) in [5.74, 6) is 0.550. The maximum Gasteiger partial charge on any atom is 0.234 e. The lowest BCUT2D eigenvalue weighted by molar-refractivity contribution is 0.0318. The third-order valence-corrected chi connectivity index (χ3v) is 5.26. The molecule has 28 heavy (non-hydrogen) atoms. The second-order valence-corrected chi connectivity index (χ2v) is 7.19. The van der Waals surface area contributed by atoms with Gasteiger partial charge in [0.2, 0.25) is 12.1 Å². The van der Waals surface area contributed by atoms with Crippen LogP contribution in [0.3, 0.4) is 0 Å². The number of imidazole rings is 1. The highest BCUT2D eigenvalue weighted by Gasteiger charge is 2.25. The summed E-state index contributed by atoms with van der Waals surface area (Å²) in [5.41, 5.74) is 2.97. The molecule has 5 rings (SSSR count). The number of halogens is 1. The van der Waals surface area contributed by atoms with Gasteiger partial charge in [-0.25, -0.2) is 14.4 Å². The van der Waals surface area contributed by atoms with Crippen LogP contribution in [-0.2, 0) is 0 Å². The molecule has 1 saturated heterocycles. The summed E-state index contributed by atoms with van der Waals surface area (Å²) in [4.78, 5) is 12.9. The number of rotatable bonds is 2. The lowest BCUT2D eigenvalue weighted by atomic mass is 10.0. The normalized spacial score (nSPS) is 20.0. The number of benzene rings is 1. The van der Waals surface area contributed by atoms with Crippen molar-refractivity contribution < 1.29 is 14.2 Å². The molecule has 7 nitrogen and oxygen atoms in total. The monoisotopic (exact) mass is 381 g/mol. The molecule has 0 bridgehead atoms. The highest BCUT2D eigenvalue weighted by atomic mass is 19.1. The van der Waals surface area contributed by atoms with Gasteiger partial charge in [-0.05, 0) is 25.3 Å². The van der Waals surface area contributed by atoms with Crippen LogP contribution in [0.5, 0.6) is 5.75 Å². The number of aliphatic hydroxyl groups excluding tert-OH is 1. The zero-order valence-corrected chi connectivity index (χ0v) is 15.4. The Morgan fingerprint density at radius 2 is 2.00 bits per heavy atom. The summed E-state index contributed by atoms with van der Waals surface area (Å²) in [6.07, 6.45) is 4.75. The summed E-state index contributed by atoms with van der Waals surface area (Å²) in [5, 5.41) is 10.5. The Balaban J connectivity index is 1.47. The minimum Gasteiger partial charge on any atom is -0.460 e. The van der Waals surface area contributed by atoms with Crippen LogP contribution in [0.2, 0.25) is 0 Å². The summed E-state index contributed by atoms with van der Waals surface area (Å²) in [7, 11) is 2.12. The van der Waals surface area contributed by atoms with Gasteiger partial charge in [0.25, 0.3) is 0 Å². The number of hydrogen-bond acceptors (Lipinski definition) is 6. The molecular formula is C20H20FN5O2. The number of aromatic nitrogens is 3. The summed E-state index contributed by atoms with van der Waals surface area (Å²) in [6.45, 7) is 3.97. The lowest BCUT2D eigenvalue weighted by Crippen LogP contribution is -2.44. The molecule has 0 amide bonds. The van der Waals surface area contributed by atoms with Gasteiger partial charge < -0.3 is 19.6 Å². The van der Waals surface area contributed by atoms with Gasteiger partial charge in [0.1, 0.15) is 5.75 Å². The quantitative estimate of drug-likeness (QED) is 0.731. The molecule has 0 aliphatic carbocycles. The molecule has 3 aromatic rings. The Morgan fingerprint density at radius 3 is 2.82 bits per heavy atom. The van der Waals surface area contributed by atoms with Crippen molar-refractivity contribution in [3.05, 3.63) is 53.9 Å². The van der Waals surface area contributed by atoms with Gasteiger partial charge in [-0.1, -0.05) is 0 Å². The first-order valence-corrected chi connectivity index (χ1v) is 9.21. The number of likely N-dealkylation sites (N-methyl/N-ethyl adjacent to an activating group) is 1. The SMILES string of the molecule is CN1CCN(c2ccc3c(c2)OC(O)C(c2cn4cc(F)cnc4n2)=C3)CC1. The minimum absolute atomic E-state index is 0.362. The van der Waals surface area contributed by atoms with Crippen molar-refractivity contribution in [3.8, 4) is 5.75 Å². The molecule has 2 aliphatic rings. The maximum atomic E-state index is 13.4. The van der Waals surface area contributed by atoms with Crippen molar-refractivity contribution in [1.29, 1.82) is 0 Å². The van der Waals surface area contributed by atoms with Crippen molar-refractivity contribution in [2.24, 2.45) is 0 Å². The van der Waals surface area contributed by atoms with Crippen LogP contribution >= 0.6 is 0 Å². The number of ether oxygens (including phenoxy) is 1. The Labute approximate surface area is 161 Å². The van der Waals surface area contributed by atoms with Crippen molar-refractivity contribution >= 4 is 23.1 Å². The third-order valence-electron chi connectivity index (χ3n) is 5.26. The van der Waals surface area contributed by atoms with Crippen LogP contribution in [0.15, 0.2) is 36.8 Å². The second kappa shape index (κ2) is 6.57. The minimum atomic E-state index is -1.15. The highest BCUT2D eigenvalue weighted by Crippen LogP contribution is 2.36. The van der Waals surface area contributed by atoms with Crippen molar-refractivity contribution in [3.63, 3.8) is 0 Å². The molecule has 0 saturated carbocycles. The molecule has 1 atom stereocenters. The van der Waals surface area contributed by atoms with Crippen LogP contribution < -0.4 is 9.64 Å². The number of aliphatic hydroxyl groups is 1. The number of fused-ring (bicyclic) bond motifs is 2. The van der Waals surface area contributed by atoms with E-state index < -0.39 is 12.1 Å². The Bertz CT molecular complexity index is 1070. The van der Waals surface area contributed by atoms with Gasteiger partial charge in [0.05, 0.1) is 11.9 Å². The predicted molar refractivity (Wildman–Crippen MR) is 104 cm³/mol. The number of anilines is 1. The molecule has 1 N–H and O–H groups in total. The number of hydrogen-bond donors (Lipinski definition) is 1. The average Bonchev–Trinajstić information content (AvgIpc) is 3.10. The van der Waals surface area contributed by atoms with E-state index in [2.05, 4.69) is 32.9 Å². The Kier molecular flexibility index (Phi) is 4.03. The van der Waals surface area contributed by atoms with Crippen molar-refractivity contribution in [2.75, 3.05) is 38.1 Å². The molecule has 1 aromatic carbocycles. The largest absolute Gasteiger partial charge is 0.460 e. The fourth-order valence-electron chi connectivity index (χ4n) is 3.63. The van der Waals surface area contributed by atoms with Crippen molar-refractivity contribution in [2.45, 2.75) is 6.29 Å². The van der Waals surface area contributed by atoms with Gasteiger partial charge in [-0.2, -0.15) is 0 Å². The summed E-state index contributed by atoms with van der Waals surface area (Å²) in [6, 6.07) is 6.03. The number of piperazine rings is 1. The molecule has 0 spiro atoms. The van der Waals surface area contributed by atoms with Gasteiger partial charge in [0.15, 0.2) is 5.82 Å². The van der Waals surface area contributed by atoms with E-state index in [1.807, 2.05) is 18.2 Å². The van der Waals surface area contributed by atoms with Crippen LogP contribution in [0.25, 0.3) is 17.4 Å². The van der Waals surface area contributed by atoms with E-state index in [1.165, 1.54) is 10.6 Å². The van der Waals surface area contributed by atoms with Crippen LogP contribution in [0, 0.1) is 5.82 Å². The van der Waals surface area contributed by atoms with Crippen LogP contribution in [0.1, 0.15) is 11.3 Å². The van der Waals surface area contributed by atoms with Crippen molar-refractivity contribution in [1.82, 2.24) is 19.3 Å². The fraction of sp³-hybridized carbons (Fsp3) is 0.300. The maximum absolute atomic E-state index is 13.4. The molecular weight excluding hydrogens is 361 g/mol. The van der Waals surface area contributed by atoms with E-state index in [1.54, 1.807) is 6.20 Å². The Hall–Kier alpha value is -2.97. The van der Waals surface area contributed by atoms with E-state index in [0.717, 1.165) is 43.6 Å². The molecule has 4 heterocycles. The molecule has 0 radical (unpaired) electrons. The first-order valence-electron chi connectivity index (χ1n) is 9.21. The van der Waals surface area contributed by atoms with Gasteiger partial charge in [-0.15, -0.1) is 0 Å². The predicted octanol–water partition coefficient (Wildman–Crippen LogP) is 1.87. The molecule has 2 aromatic heterocycles. The molecule has 1 fully saturated rings. The lowest BCUT2D eigenvalue weighted by Gasteiger charge is -2.34. The third kappa shape index (κ3) is 3.00. The second-order valence-electron chi connectivity index (χ2n) is 7.19. The first kappa shape index (κ1) is 17.2.